The SMILES string of the molecule is CCCCCCC(O)C=CCCCCCCCCC(=O)OC. The molecule has 1 N–H and O–H groups in total. The summed E-state index contributed by atoms with van der Waals surface area (Å²) >= 11 is 0. The lowest BCUT2D eigenvalue weighted by molar-refractivity contribution is -0.140. The summed E-state index contributed by atoms with van der Waals surface area (Å²) in [5, 5.41) is 9.79. The van der Waals surface area contributed by atoms with Crippen molar-refractivity contribution in [2.75, 3.05) is 7.11 Å². The predicted octanol–water partition coefficient (Wildman–Crippen LogP) is 5.17. The molecule has 22 heavy (non-hydrogen) atoms. The second kappa shape index (κ2) is 16.5. The maximum absolute atomic E-state index is 10.9. The summed E-state index contributed by atoms with van der Waals surface area (Å²) in [6, 6.07) is 0. The van der Waals surface area contributed by atoms with E-state index in [0.29, 0.717) is 6.42 Å². The van der Waals surface area contributed by atoms with Crippen molar-refractivity contribution in [3.8, 4) is 0 Å². The number of unbranched alkanes of at least 4 members (excludes halogenated alkanes) is 9. The molecular formula is C19H36O3. The van der Waals surface area contributed by atoms with Gasteiger partial charge in [0, 0.05) is 6.42 Å². The third-order valence-electron chi connectivity index (χ3n) is 3.94. The highest BCUT2D eigenvalue weighted by molar-refractivity contribution is 5.68. The lowest BCUT2D eigenvalue weighted by atomic mass is 10.1. The maximum atomic E-state index is 10.9. The molecule has 3 nitrogen and oxygen atoms in total. The zero-order chi connectivity index (χ0) is 16.5. The van der Waals surface area contributed by atoms with Gasteiger partial charge in [0.15, 0.2) is 0 Å². The Morgan fingerprint density at radius 2 is 1.64 bits per heavy atom. The number of methoxy groups -OCH3 is 1. The molecule has 0 radical (unpaired) electrons. The van der Waals surface area contributed by atoms with E-state index >= 15 is 0 Å². The monoisotopic (exact) mass is 312 g/mol. The van der Waals surface area contributed by atoms with E-state index in [4.69, 9.17) is 0 Å². The Balaban J connectivity index is 3.27. The van der Waals surface area contributed by atoms with Gasteiger partial charge in [-0.3, -0.25) is 4.79 Å². The fourth-order valence-electron chi connectivity index (χ4n) is 2.47. The van der Waals surface area contributed by atoms with Crippen molar-refractivity contribution in [2.45, 2.75) is 96.5 Å². The topological polar surface area (TPSA) is 46.5 Å². The smallest absolute Gasteiger partial charge is 0.305 e. The summed E-state index contributed by atoms with van der Waals surface area (Å²) in [4.78, 5) is 10.9. The van der Waals surface area contributed by atoms with E-state index in [1.165, 1.54) is 52.1 Å². The molecule has 0 aromatic heterocycles. The van der Waals surface area contributed by atoms with Gasteiger partial charge in [0.1, 0.15) is 0 Å². The first-order valence-corrected chi connectivity index (χ1v) is 9.12. The highest BCUT2D eigenvalue weighted by Crippen LogP contribution is 2.10. The van der Waals surface area contributed by atoms with Gasteiger partial charge in [0.05, 0.1) is 13.2 Å². The van der Waals surface area contributed by atoms with Crippen LogP contribution in [-0.4, -0.2) is 24.3 Å². The minimum Gasteiger partial charge on any atom is -0.469 e. The molecule has 130 valence electrons. The number of esters is 1. The Morgan fingerprint density at radius 3 is 2.32 bits per heavy atom. The van der Waals surface area contributed by atoms with Gasteiger partial charge in [-0.05, 0) is 25.7 Å². The molecule has 0 rings (SSSR count). The molecule has 0 aliphatic carbocycles. The molecule has 3 heteroatoms. The second-order valence-corrected chi connectivity index (χ2v) is 6.08. The van der Waals surface area contributed by atoms with Crippen molar-refractivity contribution in [1.29, 1.82) is 0 Å². The van der Waals surface area contributed by atoms with E-state index in [1.807, 2.05) is 6.08 Å². The normalized spacial score (nSPS) is 12.7. The third kappa shape index (κ3) is 15.6. The van der Waals surface area contributed by atoms with Crippen LogP contribution in [0.4, 0.5) is 0 Å². The fourth-order valence-corrected chi connectivity index (χ4v) is 2.47. The molecule has 0 amide bonds. The number of aliphatic hydroxyl groups excluding tert-OH is 1. The standard InChI is InChI=1S/C19H36O3/c1-3-4-5-12-15-18(20)16-13-10-8-6-7-9-11-14-17-19(21)22-2/h13,16,18,20H,3-12,14-15,17H2,1-2H3. The van der Waals surface area contributed by atoms with E-state index < -0.39 is 0 Å². The number of hydrogen-bond acceptors (Lipinski definition) is 3. The fraction of sp³-hybridized carbons (Fsp3) is 0.842. The van der Waals surface area contributed by atoms with Crippen LogP contribution in [0.3, 0.4) is 0 Å². The molecule has 1 unspecified atom stereocenters. The van der Waals surface area contributed by atoms with Crippen molar-refractivity contribution >= 4 is 5.97 Å². The van der Waals surface area contributed by atoms with E-state index in [-0.39, 0.29) is 12.1 Å². The van der Waals surface area contributed by atoms with Crippen molar-refractivity contribution in [3.05, 3.63) is 12.2 Å². The van der Waals surface area contributed by atoms with Crippen molar-refractivity contribution in [2.24, 2.45) is 0 Å². The third-order valence-corrected chi connectivity index (χ3v) is 3.94. The Bertz CT molecular complexity index is 274. The minimum absolute atomic E-state index is 0.0987. The van der Waals surface area contributed by atoms with Gasteiger partial charge in [-0.25, -0.2) is 0 Å². The molecule has 0 bridgehead atoms. The molecule has 0 aliphatic heterocycles. The molecule has 0 saturated carbocycles. The number of rotatable bonds is 15. The number of ether oxygens (including phenoxy) is 1. The molecule has 0 aromatic rings. The Kier molecular flexibility index (Phi) is 15.9. The summed E-state index contributed by atoms with van der Waals surface area (Å²) < 4.78 is 4.61. The Hall–Kier alpha value is -0.830. The second-order valence-electron chi connectivity index (χ2n) is 6.08. The zero-order valence-corrected chi connectivity index (χ0v) is 14.7. The molecular weight excluding hydrogens is 276 g/mol. The number of aliphatic hydroxyl groups is 1. The van der Waals surface area contributed by atoms with Crippen LogP contribution in [0, 0.1) is 0 Å². The van der Waals surface area contributed by atoms with Crippen molar-refractivity contribution in [1.82, 2.24) is 0 Å². The quantitative estimate of drug-likeness (QED) is 0.258. The van der Waals surface area contributed by atoms with Crippen LogP contribution in [0.25, 0.3) is 0 Å². The van der Waals surface area contributed by atoms with E-state index in [9.17, 15) is 9.90 Å². The van der Waals surface area contributed by atoms with E-state index in [2.05, 4.69) is 17.7 Å². The van der Waals surface area contributed by atoms with Gasteiger partial charge in [-0.1, -0.05) is 70.4 Å². The largest absolute Gasteiger partial charge is 0.469 e. The lowest BCUT2D eigenvalue weighted by Gasteiger charge is -2.04. The van der Waals surface area contributed by atoms with E-state index in [0.717, 1.165) is 32.1 Å². The van der Waals surface area contributed by atoms with Gasteiger partial charge in [-0.15, -0.1) is 0 Å². The van der Waals surface area contributed by atoms with Crippen LogP contribution >= 0.6 is 0 Å². The molecule has 0 aliphatic rings. The van der Waals surface area contributed by atoms with Gasteiger partial charge in [0.2, 0.25) is 0 Å². The van der Waals surface area contributed by atoms with Crippen LogP contribution in [0.2, 0.25) is 0 Å². The highest BCUT2D eigenvalue weighted by Gasteiger charge is 1.99. The average molecular weight is 312 g/mol. The Labute approximate surface area is 137 Å². The van der Waals surface area contributed by atoms with Crippen LogP contribution in [0.5, 0.6) is 0 Å². The van der Waals surface area contributed by atoms with Crippen LogP contribution in [0.15, 0.2) is 12.2 Å². The first kappa shape index (κ1) is 21.2. The average Bonchev–Trinajstić information content (AvgIpc) is 2.53. The number of carbonyl (C=O) groups excluding carboxylic acids is 1. The molecule has 1 atom stereocenters. The van der Waals surface area contributed by atoms with Crippen LogP contribution in [0.1, 0.15) is 90.4 Å². The van der Waals surface area contributed by atoms with Crippen LogP contribution < -0.4 is 0 Å². The lowest BCUT2D eigenvalue weighted by Crippen LogP contribution is -2.01. The first-order chi connectivity index (χ1) is 10.7. The molecule has 0 spiro atoms. The number of allylic oxidation sites excluding steroid dienone is 1. The molecule has 0 fully saturated rings. The molecule has 0 heterocycles. The predicted molar refractivity (Wildman–Crippen MR) is 92.9 cm³/mol. The zero-order valence-electron chi connectivity index (χ0n) is 14.7. The minimum atomic E-state index is -0.254. The van der Waals surface area contributed by atoms with Gasteiger partial charge >= 0.3 is 5.97 Å². The van der Waals surface area contributed by atoms with Gasteiger partial charge < -0.3 is 9.84 Å². The maximum Gasteiger partial charge on any atom is 0.305 e. The van der Waals surface area contributed by atoms with E-state index in [1.54, 1.807) is 0 Å². The summed E-state index contributed by atoms with van der Waals surface area (Å²) in [6.45, 7) is 2.20. The van der Waals surface area contributed by atoms with Crippen molar-refractivity contribution in [3.63, 3.8) is 0 Å². The first-order valence-electron chi connectivity index (χ1n) is 9.12. The number of hydrogen-bond donors (Lipinski definition) is 1. The number of carbonyl (C=O) groups is 1. The summed E-state index contributed by atoms with van der Waals surface area (Å²) in [5.74, 6) is -0.0987. The summed E-state index contributed by atoms with van der Waals surface area (Å²) in [6.07, 6.45) is 18.1. The molecule has 0 saturated heterocycles. The summed E-state index contributed by atoms with van der Waals surface area (Å²) in [7, 11) is 1.44. The van der Waals surface area contributed by atoms with Gasteiger partial charge in [0.25, 0.3) is 0 Å². The Morgan fingerprint density at radius 1 is 1.00 bits per heavy atom. The van der Waals surface area contributed by atoms with Crippen molar-refractivity contribution < 1.29 is 14.6 Å². The molecule has 0 aromatic carbocycles. The highest BCUT2D eigenvalue weighted by atomic mass is 16.5. The van der Waals surface area contributed by atoms with Gasteiger partial charge in [-0.2, -0.15) is 0 Å². The summed E-state index contributed by atoms with van der Waals surface area (Å²) in [5.41, 5.74) is 0. The van der Waals surface area contributed by atoms with Crippen LogP contribution in [-0.2, 0) is 9.53 Å².